The van der Waals surface area contributed by atoms with E-state index in [1.807, 2.05) is 47.3 Å². The number of thiazole rings is 1. The first kappa shape index (κ1) is 16.0. The van der Waals surface area contributed by atoms with Crippen molar-refractivity contribution in [3.05, 3.63) is 66.0 Å². The highest BCUT2D eigenvalue weighted by Gasteiger charge is 2.43. The normalized spacial score (nSPS) is 15.4. The van der Waals surface area contributed by atoms with Gasteiger partial charge >= 0.3 is 0 Å². The predicted octanol–water partition coefficient (Wildman–Crippen LogP) is 2.96. The summed E-state index contributed by atoms with van der Waals surface area (Å²) in [4.78, 5) is 4.38. The van der Waals surface area contributed by atoms with E-state index in [-0.39, 0.29) is 5.54 Å². The molecule has 7 heteroatoms. The summed E-state index contributed by atoms with van der Waals surface area (Å²) in [5, 5.41) is 18.1. The fourth-order valence-electron chi connectivity index (χ4n) is 3.71. The molecule has 6 nitrogen and oxygen atoms in total. The van der Waals surface area contributed by atoms with Crippen molar-refractivity contribution in [2.24, 2.45) is 0 Å². The van der Waals surface area contributed by atoms with Gasteiger partial charge < -0.3 is 11.1 Å². The molecule has 1 fully saturated rings. The first-order chi connectivity index (χ1) is 13.2. The van der Waals surface area contributed by atoms with Gasteiger partial charge in [0.05, 0.1) is 28.0 Å². The minimum Gasteiger partial charge on any atom is -0.375 e. The van der Waals surface area contributed by atoms with Crippen LogP contribution in [0.2, 0.25) is 0 Å². The molecular formula is C20H16N6S. The Labute approximate surface area is 159 Å². The summed E-state index contributed by atoms with van der Waals surface area (Å²) in [7, 11) is 0. The van der Waals surface area contributed by atoms with E-state index in [9.17, 15) is 5.26 Å². The standard InChI is InChI=1S/C20H16N6S/c21-8-13-4-1-2-6-16(13)20(11-23-12-20)26-10-14(9-24-26)15-5-3-7-17-18(15)27-19(22)25-17/h1-7,9-10,23H,11-12H2,(H2,22,25). The van der Waals surface area contributed by atoms with Crippen molar-refractivity contribution in [1.29, 1.82) is 5.26 Å². The Kier molecular flexibility index (Phi) is 3.50. The van der Waals surface area contributed by atoms with E-state index >= 15 is 0 Å². The zero-order chi connectivity index (χ0) is 18.4. The van der Waals surface area contributed by atoms with E-state index in [0.29, 0.717) is 10.7 Å². The van der Waals surface area contributed by atoms with Crippen LogP contribution in [0.1, 0.15) is 11.1 Å². The van der Waals surface area contributed by atoms with E-state index in [1.165, 1.54) is 11.3 Å². The lowest BCUT2D eigenvalue weighted by Gasteiger charge is -2.43. The van der Waals surface area contributed by atoms with Crippen molar-refractivity contribution < 1.29 is 0 Å². The second kappa shape index (κ2) is 5.91. The number of nitrogen functional groups attached to an aromatic ring is 1. The van der Waals surface area contributed by atoms with Crippen LogP contribution in [0.5, 0.6) is 0 Å². The molecule has 1 aliphatic heterocycles. The fourth-order valence-corrected chi connectivity index (χ4v) is 4.58. The number of aromatic nitrogens is 3. The van der Waals surface area contributed by atoms with Crippen LogP contribution in [-0.2, 0) is 5.54 Å². The van der Waals surface area contributed by atoms with Crippen molar-refractivity contribution in [3.63, 3.8) is 0 Å². The maximum absolute atomic E-state index is 9.53. The van der Waals surface area contributed by atoms with Crippen molar-refractivity contribution in [1.82, 2.24) is 20.1 Å². The van der Waals surface area contributed by atoms with E-state index in [0.717, 1.165) is 40.0 Å². The smallest absolute Gasteiger partial charge is 0.181 e. The molecule has 1 saturated heterocycles. The van der Waals surface area contributed by atoms with Crippen LogP contribution < -0.4 is 11.1 Å². The molecule has 27 heavy (non-hydrogen) atoms. The van der Waals surface area contributed by atoms with Gasteiger partial charge in [0.2, 0.25) is 0 Å². The van der Waals surface area contributed by atoms with Gasteiger partial charge in [-0.25, -0.2) is 4.98 Å². The van der Waals surface area contributed by atoms with Crippen molar-refractivity contribution in [2.75, 3.05) is 18.8 Å². The van der Waals surface area contributed by atoms with E-state index < -0.39 is 0 Å². The topological polar surface area (TPSA) is 92.5 Å². The maximum atomic E-state index is 9.53. The Morgan fingerprint density at radius 1 is 1.19 bits per heavy atom. The van der Waals surface area contributed by atoms with Crippen molar-refractivity contribution >= 4 is 26.7 Å². The Hall–Kier alpha value is -3.21. The second-order valence-electron chi connectivity index (χ2n) is 6.67. The third-order valence-corrected chi connectivity index (χ3v) is 6.08. The van der Waals surface area contributed by atoms with Crippen LogP contribution in [0.15, 0.2) is 54.9 Å². The van der Waals surface area contributed by atoms with Crippen LogP contribution in [0, 0.1) is 11.3 Å². The molecule has 0 radical (unpaired) electrons. The summed E-state index contributed by atoms with van der Waals surface area (Å²) in [6, 6.07) is 16.1. The van der Waals surface area contributed by atoms with Crippen molar-refractivity contribution in [2.45, 2.75) is 5.54 Å². The minimum atomic E-state index is -0.342. The summed E-state index contributed by atoms with van der Waals surface area (Å²) < 4.78 is 3.05. The molecule has 4 aromatic rings. The highest BCUT2D eigenvalue weighted by Crippen LogP contribution is 2.37. The van der Waals surface area contributed by atoms with E-state index in [4.69, 9.17) is 5.73 Å². The summed E-state index contributed by atoms with van der Waals surface area (Å²) in [6.07, 6.45) is 3.93. The number of hydrogen-bond donors (Lipinski definition) is 2. The molecule has 0 aliphatic carbocycles. The molecule has 2 aromatic heterocycles. The molecular weight excluding hydrogens is 356 g/mol. The molecule has 0 spiro atoms. The fraction of sp³-hybridized carbons (Fsp3) is 0.150. The Morgan fingerprint density at radius 3 is 2.81 bits per heavy atom. The maximum Gasteiger partial charge on any atom is 0.181 e. The van der Waals surface area contributed by atoms with Gasteiger partial charge in [-0.3, -0.25) is 4.68 Å². The van der Waals surface area contributed by atoms with E-state index in [2.05, 4.69) is 33.7 Å². The third-order valence-electron chi connectivity index (χ3n) is 5.15. The Morgan fingerprint density at radius 2 is 2.04 bits per heavy atom. The van der Waals surface area contributed by atoms with Crippen LogP contribution in [0.3, 0.4) is 0 Å². The molecule has 132 valence electrons. The number of fused-ring (bicyclic) bond motifs is 1. The lowest BCUT2D eigenvalue weighted by molar-refractivity contribution is 0.207. The SMILES string of the molecule is N#Cc1ccccc1C1(n2cc(-c3cccc4nc(N)sc34)cn2)CNC1. The summed E-state index contributed by atoms with van der Waals surface area (Å²) in [5.74, 6) is 0. The quantitative estimate of drug-likeness (QED) is 0.577. The lowest BCUT2D eigenvalue weighted by atomic mass is 9.82. The number of benzene rings is 2. The van der Waals surface area contributed by atoms with Gasteiger partial charge in [0.15, 0.2) is 5.13 Å². The average molecular weight is 372 g/mol. The Bertz CT molecular complexity index is 1190. The zero-order valence-corrected chi connectivity index (χ0v) is 15.2. The molecule has 0 amide bonds. The third kappa shape index (κ3) is 2.35. The molecule has 2 aromatic carbocycles. The van der Waals surface area contributed by atoms with Gasteiger partial charge in [-0.05, 0) is 17.7 Å². The van der Waals surface area contributed by atoms with Crippen LogP contribution >= 0.6 is 11.3 Å². The van der Waals surface area contributed by atoms with E-state index in [1.54, 1.807) is 0 Å². The van der Waals surface area contributed by atoms with Crippen LogP contribution in [-0.4, -0.2) is 27.9 Å². The number of hydrogen-bond acceptors (Lipinski definition) is 6. The molecule has 0 unspecified atom stereocenters. The molecule has 0 atom stereocenters. The van der Waals surface area contributed by atoms with Gasteiger partial charge in [0, 0.05) is 30.4 Å². The molecule has 1 aliphatic rings. The highest BCUT2D eigenvalue weighted by molar-refractivity contribution is 7.22. The number of nitrogens with one attached hydrogen (secondary N) is 1. The number of nitrogens with zero attached hydrogens (tertiary/aromatic N) is 4. The van der Waals surface area contributed by atoms with Gasteiger partial charge in [0.25, 0.3) is 0 Å². The molecule has 5 rings (SSSR count). The predicted molar refractivity (Wildman–Crippen MR) is 106 cm³/mol. The lowest BCUT2D eigenvalue weighted by Crippen LogP contribution is -2.61. The first-order valence-electron chi connectivity index (χ1n) is 8.62. The van der Waals surface area contributed by atoms with Gasteiger partial charge in [-0.15, -0.1) is 0 Å². The largest absolute Gasteiger partial charge is 0.375 e. The zero-order valence-electron chi connectivity index (χ0n) is 14.4. The number of rotatable bonds is 3. The molecule has 3 N–H and O–H groups in total. The number of anilines is 1. The molecule has 0 bridgehead atoms. The Balaban J connectivity index is 1.63. The summed E-state index contributed by atoms with van der Waals surface area (Å²) >= 11 is 1.49. The van der Waals surface area contributed by atoms with Crippen molar-refractivity contribution in [3.8, 4) is 17.2 Å². The van der Waals surface area contributed by atoms with Gasteiger partial charge in [-0.2, -0.15) is 10.4 Å². The minimum absolute atomic E-state index is 0.342. The second-order valence-corrected chi connectivity index (χ2v) is 7.70. The summed E-state index contributed by atoms with van der Waals surface area (Å²) in [6.45, 7) is 1.48. The first-order valence-corrected chi connectivity index (χ1v) is 9.44. The number of nitriles is 1. The number of nitrogens with two attached hydrogens (primary N) is 1. The van der Waals surface area contributed by atoms with Gasteiger partial charge in [0.1, 0.15) is 5.54 Å². The molecule has 0 saturated carbocycles. The monoisotopic (exact) mass is 372 g/mol. The van der Waals surface area contributed by atoms with Crippen LogP contribution in [0.25, 0.3) is 21.3 Å². The summed E-state index contributed by atoms with van der Waals surface area (Å²) in [5.41, 5.74) is 10.2. The van der Waals surface area contributed by atoms with Gasteiger partial charge in [-0.1, -0.05) is 41.7 Å². The van der Waals surface area contributed by atoms with Crippen LogP contribution in [0.4, 0.5) is 5.13 Å². The molecule has 3 heterocycles. The average Bonchev–Trinajstić information content (AvgIpc) is 3.27. The highest BCUT2D eigenvalue weighted by atomic mass is 32.1.